The third-order valence-electron chi connectivity index (χ3n) is 4.12. The van der Waals surface area contributed by atoms with Crippen molar-refractivity contribution in [3.63, 3.8) is 0 Å². The predicted molar refractivity (Wildman–Crippen MR) is 105 cm³/mol. The molecule has 0 saturated heterocycles. The summed E-state index contributed by atoms with van der Waals surface area (Å²) in [6, 6.07) is 15.5. The first-order chi connectivity index (χ1) is 12.9. The fourth-order valence-electron chi connectivity index (χ4n) is 2.66. The second-order valence-electron chi connectivity index (χ2n) is 6.04. The maximum Gasteiger partial charge on any atom is 0.243 e. The van der Waals surface area contributed by atoms with Crippen LogP contribution < -0.4 is 10.1 Å². The summed E-state index contributed by atoms with van der Waals surface area (Å²) in [4.78, 5) is 12.5. The van der Waals surface area contributed by atoms with E-state index in [1.807, 2.05) is 44.2 Å². The lowest BCUT2D eigenvalue weighted by Gasteiger charge is -2.22. The van der Waals surface area contributed by atoms with Crippen molar-refractivity contribution in [1.29, 1.82) is 0 Å². The summed E-state index contributed by atoms with van der Waals surface area (Å²) in [6.07, 6.45) is 0. The highest BCUT2D eigenvalue weighted by atomic mass is 32.2. The number of rotatable bonds is 9. The van der Waals surface area contributed by atoms with Gasteiger partial charge in [0, 0.05) is 6.54 Å². The second-order valence-corrected chi connectivity index (χ2v) is 7.97. The highest BCUT2D eigenvalue weighted by Crippen LogP contribution is 2.20. The van der Waals surface area contributed by atoms with Crippen LogP contribution in [0.25, 0.3) is 0 Å². The minimum atomic E-state index is -3.76. The number of hydrogen-bond acceptors (Lipinski definition) is 4. The quantitative estimate of drug-likeness (QED) is 0.714. The molecule has 0 aliphatic rings. The summed E-state index contributed by atoms with van der Waals surface area (Å²) in [6.45, 7) is 5.90. The van der Waals surface area contributed by atoms with E-state index in [9.17, 15) is 13.2 Å². The van der Waals surface area contributed by atoms with Crippen molar-refractivity contribution < 1.29 is 17.9 Å². The SMILES string of the molecule is CCOc1ccc(S(=O)(=O)N(CC)CC(=O)N[C@@H](C)c2ccccc2)cc1. The Morgan fingerprint density at radius 2 is 1.70 bits per heavy atom. The smallest absolute Gasteiger partial charge is 0.243 e. The highest BCUT2D eigenvalue weighted by Gasteiger charge is 2.25. The Hall–Kier alpha value is -2.38. The molecule has 1 N–H and O–H groups in total. The first-order valence-electron chi connectivity index (χ1n) is 8.95. The monoisotopic (exact) mass is 390 g/mol. The molecule has 0 spiro atoms. The minimum Gasteiger partial charge on any atom is -0.494 e. The van der Waals surface area contributed by atoms with Gasteiger partial charge >= 0.3 is 0 Å². The maximum absolute atomic E-state index is 12.8. The molecule has 0 bridgehead atoms. The molecule has 0 unspecified atom stereocenters. The molecule has 0 heterocycles. The van der Waals surface area contributed by atoms with E-state index in [0.717, 1.165) is 9.87 Å². The van der Waals surface area contributed by atoms with E-state index < -0.39 is 10.0 Å². The van der Waals surface area contributed by atoms with Crippen LogP contribution in [0, 0.1) is 0 Å². The van der Waals surface area contributed by atoms with Crippen LogP contribution in [-0.2, 0) is 14.8 Å². The zero-order valence-electron chi connectivity index (χ0n) is 15.9. The Labute approximate surface area is 161 Å². The molecular formula is C20H26N2O4S. The molecule has 146 valence electrons. The zero-order chi connectivity index (χ0) is 19.9. The molecule has 0 aromatic heterocycles. The maximum atomic E-state index is 12.8. The summed E-state index contributed by atoms with van der Waals surface area (Å²) in [5.41, 5.74) is 0.961. The number of ether oxygens (including phenoxy) is 1. The van der Waals surface area contributed by atoms with Gasteiger partial charge in [-0.25, -0.2) is 8.42 Å². The largest absolute Gasteiger partial charge is 0.494 e. The van der Waals surface area contributed by atoms with Crippen LogP contribution in [-0.4, -0.2) is 38.3 Å². The van der Waals surface area contributed by atoms with Crippen LogP contribution in [0.4, 0.5) is 0 Å². The summed E-state index contributed by atoms with van der Waals surface area (Å²) in [5.74, 6) is 0.261. The number of sulfonamides is 1. The van der Waals surface area contributed by atoms with Gasteiger partial charge in [-0.05, 0) is 43.7 Å². The molecule has 0 aliphatic heterocycles. The van der Waals surface area contributed by atoms with E-state index in [4.69, 9.17) is 4.74 Å². The number of likely N-dealkylation sites (N-methyl/N-ethyl adjacent to an activating group) is 1. The van der Waals surface area contributed by atoms with Gasteiger partial charge in [-0.15, -0.1) is 0 Å². The van der Waals surface area contributed by atoms with Crippen molar-refractivity contribution in [3.8, 4) is 5.75 Å². The first kappa shape index (κ1) is 20.9. The lowest BCUT2D eigenvalue weighted by molar-refractivity contribution is -0.121. The van der Waals surface area contributed by atoms with Crippen molar-refractivity contribution in [3.05, 3.63) is 60.2 Å². The van der Waals surface area contributed by atoms with Crippen molar-refractivity contribution in [2.45, 2.75) is 31.7 Å². The molecule has 0 fully saturated rings. The van der Waals surface area contributed by atoms with E-state index in [1.54, 1.807) is 19.1 Å². The van der Waals surface area contributed by atoms with Gasteiger partial charge in [-0.1, -0.05) is 37.3 Å². The number of carbonyl (C=O) groups excluding carboxylic acids is 1. The molecule has 0 aliphatic carbocycles. The van der Waals surface area contributed by atoms with Gasteiger partial charge in [0.15, 0.2) is 0 Å². The van der Waals surface area contributed by atoms with E-state index in [1.165, 1.54) is 12.1 Å². The van der Waals surface area contributed by atoms with Gasteiger partial charge < -0.3 is 10.1 Å². The van der Waals surface area contributed by atoms with Crippen LogP contribution in [0.2, 0.25) is 0 Å². The molecule has 0 radical (unpaired) electrons. The number of benzene rings is 2. The van der Waals surface area contributed by atoms with Gasteiger partial charge in [0.1, 0.15) is 5.75 Å². The topological polar surface area (TPSA) is 75.7 Å². The second kappa shape index (κ2) is 9.53. The predicted octanol–water partition coefficient (Wildman–Crippen LogP) is 2.97. The molecule has 2 aromatic carbocycles. The summed E-state index contributed by atoms with van der Waals surface area (Å²) < 4.78 is 32.2. The van der Waals surface area contributed by atoms with Crippen LogP contribution >= 0.6 is 0 Å². The molecular weight excluding hydrogens is 364 g/mol. The highest BCUT2D eigenvalue weighted by molar-refractivity contribution is 7.89. The van der Waals surface area contributed by atoms with E-state index in [-0.39, 0.29) is 29.9 Å². The van der Waals surface area contributed by atoms with Gasteiger partial charge in [-0.3, -0.25) is 4.79 Å². The zero-order valence-corrected chi connectivity index (χ0v) is 16.7. The Kier molecular flexibility index (Phi) is 7.38. The Balaban J connectivity index is 2.07. The standard InChI is InChI=1S/C20H26N2O4S/c1-4-22(15-20(23)21-16(3)17-9-7-6-8-10-17)27(24,25)19-13-11-18(12-14-19)26-5-2/h6-14,16H,4-5,15H2,1-3H3,(H,21,23)/t16-/m0/s1. The Morgan fingerprint density at radius 1 is 1.07 bits per heavy atom. The molecule has 2 rings (SSSR count). The molecule has 7 heteroatoms. The van der Waals surface area contributed by atoms with Crippen LogP contribution in [0.15, 0.2) is 59.5 Å². The van der Waals surface area contributed by atoms with Crippen molar-refractivity contribution in [2.75, 3.05) is 19.7 Å². The van der Waals surface area contributed by atoms with Gasteiger partial charge in [-0.2, -0.15) is 4.31 Å². The molecule has 1 amide bonds. The fraction of sp³-hybridized carbons (Fsp3) is 0.350. The van der Waals surface area contributed by atoms with Gasteiger partial charge in [0.2, 0.25) is 15.9 Å². The molecule has 27 heavy (non-hydrogen) atoms. The summed E-state index contributed by atoms with van der Waals surface area (Å²) in [5, 5.41) is 2.85. The van der Waals surface area contributed by atoms with E-state index >= 15 is 0 Å². The average Bonchev–Trinajstić information content (AvgIpc) is 2.67. The Morgan fingerprint density at radius 3 is 2.26 bits per heavy atom. The number of nitrogens with one attached hydrogen (secondary N) is 1. The van der Waals surface area contributed by atoms with Crippen LogP contribution in [0.5, 0.6) is 5.75 Å². The van der Waals surface area contributed by atoms with E-state index in [2.05, 4.69) is 5.32 Å². The lowest BCUT2D eigenvalue weighted by Crippen LogP contribution is -2.41. The minimum absolute atomic E-state index is 0.136. The van der Waals surface area contributed by atoms with Crippen molar-refractivity contribution in [1.82, 2.24) is 9.62 Å². The number of hydrogen-bond donors (Lipinski definition) is 1. The van der Waals surface area contributed by atoms with Crippen molar-refractivity contribution in [2.24, 2.45) is 0 Å². The average molecular weight is 391 g/mol. The third-order valence-corrected chi connectivity index (χ3v) is 6.06. The Bertz CT molecular complexity index is 836. The first-order valence-corrected chi connectivity index (χ1v) is 10.4. The molecule has 0 saturated carbocycles. The normalized spacial score (nSPS) is 12.6. The lowest BCUT2D eigenvalue weighted by atomic mass is 10.1. The molecule has 1 atom stereocenters. The fourth-order valence-corrected chi connectivity index (χ4v) is 4.07. The number of amides is 1. The van der Waals surface area contributed by atoms with Crippen LogP contribution in [0.3, 0.4) is 0 Å². The van der Waals surface area contributed by atoms with Gasteiger partial charge in [0.25, 0.3) is 0 Å². The molecule has 2 aromatic rings. The molecule has 6 nitrogen and oxygen atoms in total. The van der Waals surface area contributed by atoms with Gasteiger partial charge in [0.05, 0.1) is 24.1 Å². The van der Waals surface area contributed by atoms with Crippen LogP contribution in [0.1, 0.15) is 32.4 Å². The number of nitrogens with zero attached hydrogens (tertiary/aromatic N) is 1. The van der Waals surface area contributed by atoms with E-state index in [0.29, 0.717) is 12.4 Å². The summed E-state index contributed by atoms with van der Waals surface area (Å²) >= 11 is 0. The van der Waals surface area contributed by atoms with Crippen molar-refractivity contribution >= 4 is 15.9 Å². The number of carbonyl (C=O) groups is 1. The third kappa shape index (κ3) is 5.55. The summed E-state index contributed by atoms with van der Waals surface area (Å²) in [7, 11) is -3.76.